The molecular formula is C20H37IN4O3. The first-order valence-corrected chi connectivity index (χ1v) is 10.7. The summed E-state index contributed by atoms with van der Waals surface area (Å²) in [7, 11) is 1.81. The lowest BCUT2D eigenvalue weighted by Gasteiger charge is -2.37. The molecule has 8 heteroatoms. The van der Waals surface area contributed by atoms with E-state index in [-0.39, 0.29) is 42.1 Å². The second-order valence-corrected chi connectivity index (χ2v) is 7.94. The van der Waals surface area contributed by atoms with Gasteiger partial charge in [-0.15, -0.1) is 24.0 Å². The molecule has 0 aromatic heterocycles. The topological polar surface area (TPSA) is 75.2 Å². The number of nitrogens with zero attached hydrogens (tertiary/aromatic N) is 2. The van der Waals surface area contributed by atoms with Gasteiger partial charge in [-0.05, 0) is 31.6 Å². The molecule has 7 nitrogen and oxygen atoms in total. The maximum absolute atomic E-state index is 12.1. The number of amides is 1. The van der Waals surface area contributed by atoms with Crippen LogP contribution in [0.25, 0.3) is 0 Å². The fourth-order valence-electron chi connectivity index (χ4n) is 4.42. The zero-order valence-corrected chi connectivity index (χ0v) is 19.5. The van der Waals surface area contributed by atoms with E-state index in [4.69, 9.17) is 9.47 Å². The molecule has 1 amide bonds. The minimum atomic E-state index is 0. The summed E-state index contributed by atoms with van der Waals surface area (Å²) >= 11 is 0. The molecule has 2 N–H and O–H groups in total. The summed E-state index contributed by atoms with van der Waals surface area (Å²) in [6, 6.07) is 0. The number of carbonyl (C=O) groups is 1. The van der Waals surface area contributed by atoms with Crippen molar-refractivity contribution in [3.8, 4) is 0 Å². The van der Waals surface area contributed by atoms with Gasteiger partial charge >= 0.3 is 0 Å². The first kappa shape index (κ1) is 23.7. The van der Waals surface area contributed by atoms with Gasteiger partial charge in [0.15, 0.2) is 5.96 Å². The van der Waals surface area contributed by atoms with Gasteiger partial charge in [-0.3, -0.25) is 9.79 Å². The third kappa shape index (κ3) is 7.33. The standard InChI is InChI=1S/C20H36N4O3.HI/c1-21-20(24-11-13-27-18(15-24)17-8-5-12-26-17)23-10-9-22-19(25)14-16-6-3-2-4-7-16;/h16-18H,2-15H2,1H3,(H,21,23)(H,22,25);1H. The van der Waals surface area contributed by atoms with E-state index >= 15 is 0 Å². The fraction of sp³-hybridized carbons (Fsp3) is 0.900. The molecule has 1 aliphatic carbocycles. The Morgan fingerprint density at radius 2 is 1.75 bits per heavy atom. The van der Waals surface area contributed by atoms with Gasteiger partial charge < -0.3 is 25.0 Å². The van der Waals surface area contributed by atoms with Crippen LogP contribution in [0.1, 0.15) is 51.4 Å². The van der Waals surface area contributed by atoms with Crippen LogP contribution in [0.5, 0.6) is 0 Å². The van der Waals surface area contributed by atoms with Crippen molar-refractivity contribution in [2.45, 2.75) is 63.6 Å². The monoisotopic (exact) mass is 508 g/mol. The average Bonchev–Trinajstić information content (AvgIpc) is 3.24. The molecule has 2 heterocycles. The number of guanidine groups is 1. The normalized spacial score (nSPS) is 26.6. The molecule has 0 aromatic rings. The van der Waals surface area contributed by atoms with E-state index in [2.05, 4.69) is 20.5 Å². The third-order valence-electron chi connectivity index (χ3n) is 5.91. The van der Waals surface area contributed by atoms with Crippen molar-refractivity contribution < 1.29 is 14.3 Å². The summed E-state index contributed by atoms with van der Waals surface area (Å²) in [6.45, 7) is 4.49. The predicted molar refractivity (Wildman–Crippen MR) is 121 cm³/mol. The van der Waals surface area contributed by atoms with Crippen LogP contribution < -0.4 is 10.6 Å². The Morgan fingerprint density at radius 3 is 2.46 bits per heavy atom. The van der Waals surface area contributed by atoms with Gasteiger partial charge in [-0.1, -0.05) is 19.3 Å². The molecule has 3 aliphatic rings. The summed E-state index contributed by atoms with van der Waals surface area (Å²) in [5, 5.41) is 6.42. The molecule has 0 bridgehead atoms. The van der Waals surface area contributed by atoms with E-state index in [9.17, 15) is 4.79 Å². The molecule has 1 saturated carbocycles. The summed E-state index contributed by atoms with van der Waals surface area (Å²) in [5.74, 6) is 1.65. The van der Waals surface area contributed by atoms with E-state index in [0.29, 0.717) is 32.0 Å². The molecule has 28 heavy (non-hydrogen) atoms. The van der Waals surface area contributed by atoms with Crippen molar-refractivity contribution in [3.05, 3.63) is 0 Å². The van der Waals surface area contributed by atoms with Crippen LogP contribution in [-0.2, 0) is 14.3 Å². The maximum atomic E-state index is 12.1. The average molecular weight is 508 g/mol. The van der Waals surface area contributed by atoms with Gasteiger partial charge in [0.1, 0.15) is 6.10 Å². The zero-order chi connectivity index (χ0) is 18.9. The maximum Gasteiger partial charge on any atom is 0.220 e. The quantitative estimate of drug-likeness (QED) is 0.249. The molecule has 3 rings (SSSR count). The van der Waals surface area contributed by atoms with Gasteiger partial charge in [-0.25, -0.2) is 0 Å². The Bertz CT molecular complexity index is 494. The molecule has 2 unspecified atom stereocenters. The van der Waals surface area contributed by atoms with Crippen LogP contribution >= 0.6 is 24.0 Å². The summed E-state index contributed by atoms with van der Waals surface area (Å²) < 4.78 is 11.7. The number of hydrogen-bond acceptors (Lipinski definition) is 4. The number of aliphatic imine (C=N–C) groups is 1. The van der Waals surface area contributed by atoms with E-state index < -0.39 is 0 Å². The van der Waals surface area contributed by atoms with Crippen LogP contribution in [0.3, 0.4) is 0 Å². The van der Waals surface area contributed by atoms with E-state index in [1.165, 1.54) is 32.1 Å². The summed E-state index contributed by atoms with van der Waals surface area (Å²) in [6.07, 6.45) is 9.53. The number of nitrogens with one attached hydrogen (secondary N) is 2. The highest BCUT2D eigenvalue weighted by molar-refractivity contribution is 14.0. The number of hydrogen-bond donors (Lipinski definition) is 2. The van der Waals surface area contributed by atoms with Crippen LogP contribution in [-0.4, -0.2) is 75.4 Å². The van der Waals surface area contributed by atoms with Gasteiger partial charge in [-0.2, -0.15) is 0 Å². The third-order valence-corrected chi connectivity index (χ3v) is 5.91. The number of ether oxygens (including phenoxy) is 2. The Labute approximate surface area is 186 Å². The molecule has 0 aromatic carbocycles. The lowest BCUT2D eigenvalue weighted by atomic mass is 9.87. The highest BCUT2D eigenvalue weighted by Crippen LogP contribution is 2.26. The van der Waals surface area contributed by atoms with E-state index in [1.54, 1.807) is 7.05 Å². The highest BCUT2D eigenvalue weighted by atomic mass is 127. The Morgan fingerprint density at radius 1 is 1.00 bits per heavy atom. The first-order chi connectivity index (χ1) is 13.3. The number of rotatable bonds is 6. The van der Waals surface area contributed by atoms with Crippen molar-refractivity contribution in [1.29, 1.82) is 0 Å². The smallest absolute Gasteiger partial charge is 0.220 e. The van der Waals surface area contributed by atoms with Crippen LogP contribution in [0.15, 0.2) is 4.99 Å². The fourth-order valence-corrected chi connectivity index (χ4v) is 4.42. The molecule has 3 fully saturated rings. The second kappa shape index (κ2) is 12.8. The van der Waals surface area contributed by atoms with Crippen LogP contribution in [0, 0.1) is 5.92 Å². The van der Waals surface area contributed by atoms with Crippen molar-refractivity contribution in [2.75, 3.05) is 46.4 Å². The zero-order valence-electron chi connectivity index (χ0n) is 17.2. The molecule has 2 atom stereocenters. The van der Waals surface area contributed by atoms with Crippen LogP contribution in [0.2, 0.25) is 0 Å². The molecule has 2 saturated heterocycles. The summed E-state index contributed by atoms with van der Waals surface area (Å²) in [5.41, 5.74) is 0. The lowest BCUT2D eigenvalue weighted by Crippen LogP contribution is -2.54. The number of carbonyl (C=O) groups excluding carboxylic acids is 1. The van der Waals surface area contributed by atoms with Crippen LogP contribution in [0.4, 0.5) is 0 Å². The van der Waals surface area contributed by atoms with Gasteiger partial charge in [0.2, 0.25) is 5.91 Å². The molecule has 0 spiro atoms. The molecule has 2 aliphatic heterocycles. The second-order valence-electron chi connectivity index (χ2n) is 7.94. The Hall–Kier alpha value is -0.610. The predicted octanol–water partition coefficient (Wildman–Crippen LogP) is 2.15. The van der Waals surface area contributed by atoms with Gasteiger partial charge in [0.25, 0.3) is 0 Å². The largest absolute Gasteiger partial charge is 0.375 e. The lowest BCUT2D eigenvalue weighted by molar-refractivity contribution is -0.122. The van der Waals surface area contributed by atoms with Crippen molar-refractivity contribution in [2.24, 2.45) is 10.9 Å². The first-order valence-electron chi connectivity index (χ1n) is 10.7. The Balaban J connectivity index is 0.00000280. The molecule has 162 valence electrons. The highest BCUT2D eigenvalue weighted by Gasteiger charge is 2.32. The van der Waals surface area contributed by atoms with Gasteiger partial charge in [0, 0.05) is 46.3 Å². The minimum absolute atomic E-state index is 0. The molecular weight excluding hydrogens is 471 g/mol. The number of morpholine rings is 1. The van der Waals surface area contributed by atoms with Crippen molar-refractivity contribution >= 4 is 35.8 Å². The van der Waals surface area contributed by atoms with Crippen molar-refractivity contribution in [3.63, 3.8) is 0 Å². The van der Waals surface area contributed by atoms with E-state index in [1.807, 2.05) is 0 Å². The minimum Gasteiger partial charge on any atom is -0.375 e. The van der Waals surface area contributed by atoms with Crippen molar-refractivity contribution in [1.82, 2.24) is 15.5 Å². The summed E-state index contributed by atoms with van der Waals surface area (Å²) in [4.78, 5) is 18.7. The number of halogens is 1. The Kier molecular flexibility index (Phi) is 10.9. The van der Waals surface area contributed by atoms with E-state index in [0.717, 1.165) is 38.5 Å². The molecule has 0 radical (unpaired) electrons. The SMILES string of the molecule is CN=C(NCCNC(=O)CC1CCCCC1)N1CCOC(C2CCCO2)C1.I. The van der Waals surface area contributed by atoms with Gasteiger partial charge in [0.05, 0.1) is 12.7 Å².